The molecule has 5 rings (SSSR count). The maximum atomic E-state index is 11.1. The number of carboxylic acids is 1. The van der Waals surface area contributed by atoms with Gasteiger partial charge in [0.25, 0.3) is 0 Å². The van der Waals surface area contributed by atoms with Crippen LogP contribution >= 0.6 is 11.6 Å². The highest BCUT2D eigenvalue weighted by atomic mass is 35.5. The number of allylic oxidation sites excluding steroid dienone is 1. The van der Waals surface area contributed by atoms with E-state index in [0.717, 1.165) is 23.8 Å². The Morgan fingerprint density at radius 3 is 2.32 bits per heavy atom. The molecule has 31 heavy (non-hydrogen) atoms. The molecular weight excluding hydrogens is 408 g/mol. The molecule has 5 heteroatoms. The number of anilines is 1. The van der Waals surface area contributed by atoms with Gasteiger partial charge in [0.2, 0.25) is 0 Å². The lowest BCUT2D eigenvalue weighted by atomic mass is 9.70. The third-order valence-corrected chi connectivity index (χ3v) is 7.66. The Bertz CT molecular complexity index is 967. The summed E-state index contributed by atoms with van der Waals surface area (Å²) in [6, 6.07) is 16.2. The maximum absolute atomic E-state index is 11.1. The first kappa shape index (κ1) is 20.6. The average molecular weight is 437 g/mol. The minimum Gasteiger partial charge on any atom is -0.478 e. The predicted octanol–water partition coefficient (Wildman–Crippen LogP) is 5.58. The molecule has 1 atom stereocenters. The molecule has 2 aliphatic heterocycles. The minimum absolute atomic E-state index is 0.351. The van der Waals surface area contributed by atoms with Crippen LogP contribution in [0.5, 0.6) is 0 Å². The lowest BCUT2D eigenvalue weighted by Gasteiger charge is -2.57. The standard InChI is InChI=1S/C26H29ClN2O2/c27-21-9-5-19(6-10-21)23-3-1-2-4-24(23)29-17-26(18-29)13-15-28(16-14-26)22-11-7-20(8-12-22)25(30)31/h3,5-12,24H,1-2,4,13-18H2,(H,30,31). The second-order valence-corrected chi connectivity index (χ2v) is 9.79. The zero-order chi connectivity index (χ0) is 21.4. The highest BCUT2D eigenvalue weighted by Gasteiger charge is 2.47. The van der Waals surface area contributed by atoms with Gasteiger partial charge in [-0.1, -0.05) is 29.8 Å². The van der Waals surface area contributed by atoms with Crippen molar-refractivity contribution in [2.75, 3.05) is 31.1 Å². The van der Waals surface area contributed by atoms with E-state index in [0.29, 0.717) is 17.0 Å². The van der Waals surface area contributed by atoms with E-state index >= 15 is 0 Å². The van der Waals surface area contributed by atoms with E-state index in [4.69, 9.17) is 16.7 Å². The van der Waals surface area contributed by atoms with Crippen LogP contribution in [-0.4, -0.2) is 48.2 Å². The van der Waals surface area contributed by atoms with Crippen LogP contribution in [-0.2, 0) is 0 Å². The summed E-state index contributed by atoms with van der Waals surface area (Å²) in [6.45, 7) is 4.47. The van der Waals surface area contributed by atoms with Crippen LogP contribution in [0.4, 0.5) is 5.69 Å². The minimum atomic E-state index is -0.867. The summed E-state index contributed by atoms with van der Waals surface area (Å²) in [6.07, 6.45) is 8.53. The van der Waals surface area contributed by atoms with E-state index < -0.39 is 5.97 Å². The van der Waals surface area contributed by atoms with E-state index in [1.165, 1.54) is 56.3 Å². The van der Waals surface area contributed by atoms with Crippen molar-refractivity contribution in [1.29, 1.82) is 0 Å². The van der Waals surface area contributed by atoms with E-state index in [-0.39, 0.29) is 0 Å². The summed E-state index contributed by atoms with van der Waals surface area (Å²) in [5, 5.41) is 9.90. The third kappa shape index (κ3) is 4.11. The Balaban J connectivity index is 1.20. The molecule has 0 radical (unpaired) electrons. The van der Waals surface area contributed by atoms with Gasteiger partial charge < -0.3 is 10.0 Å². The van der Waals surface area contributed by atoms with Crippen molar-refractivity contribution < 1.29 is 9.90 Å². The van der Waals surface area contributed by atoms with E-state index in [9.17, 15) is 4.79 Å². The number of benzene rings is 2. The monoisotopic (exact) mass is 436 g/mol. The normalized spacial score (nSPS) is 23.3. The van der Waals surface area contributed by atoms with Gasteiger partial charge in [0.05, 0.1) is 5.56 Å². The smallest absolute Gasteiger partial charge is 0.335 e. The number of hydrogen-bond donors (Lipinski definition) is 1. The van der Waals surface area contributed by atoms with Crippen LogP contribution in [0.25, 0.3) is 5.57 Å². The molecule has 0 amide bonds. The van der Waals surface area contributed by atoms with Crippen molar-refractivity contribution >= 4 is 28.8 Å². The van der Waals surface area contributed by atoms with E-state index in [1.54, 1.807) is 12.1 Å². The van der Waals surface area contributed by atoms with Crippen LogP contribution in [0, 0.1) is 5.41 Å². The van der Waals surface area contributed by atoms with Crippen LogP contribution in [0.1, 0.15) is 48.0 Å². The third-order valence-electron chi connectivity index (χ3n) is 7.40. The second-order valence-electron chi connectivity index (χ2n) is 9.36. The average Bonchev–Trinajstić information content (AvgIpc) is 2.78. The highest BCUT2D eigenvalue weighted by molar-refractivity contribution is 6.30. The fourth-order valence-electron chi connectivity index (χ4n) is 5.60. The van der Waals surface area contributed by atoms with Gasteiger partial charge in [0.1, 0.15) is 0 Å². The first-order valence-corrected chi connectivity index (χ1v) is 11.7. The Morgan fingerprint density at radius 1 is 1.00 bits per heavy atom. The van der Waals surface area contributed by atoms with Crippen LogP contribution in [0.2, 0.25) is 5.02 Å². The molecule has 3 aliphatic rings. The van der Waals surface area contributed by atoms with E-state index in [1.807, 2.05) is 24.3 Å². The number of rotatable bonds is 4. The van der Waals surface area contributed by atoms with Crippen molar-refractivity contribution in [3.05, 3.63) is 70.8 Å². The number of carboxylic acid groups (broad SMARTS) is 1. The second kappa shape index (κ2) is 8.33. The fourth-order valence-corrected chi connectivity index (χ4v) is 5.72. The number of halogens is 1. The molecule has 2 heterocycles. The zero-order valence-corrected chi connectivity index (χ0v) is 18.5. The summed E-state index contributed by atoms with van der Waals surface area (Å²) in [5.74, 6) is -0.867. The molecule has 0 saturated carbocycles. The molecule has 1 N–H and O–H groups in total. The van der Waals surface area contributed by atoms with Crippen molar-refractivity contribution in [3.8, 4) is 0 Å². The number of hydrogen-bond acceptors (Lipinski definition) is 3. The fraction of sp³-hybridized carbons (Fsp3) is 0.423. The largest absolute Gasteiger partial charge is 0.478 e. The molecule has 2 saturated heterocycles. The molecule has 1 spiro atoms. The lowest BCUT2D eigenvalue weighted by molar-refractivity contribution is -0.0358. The van der Waals surface area contributed by atoms with Crippen molar-refractivity contribution in [2.45, 2.75) is 38.1 Å². The first-order valence-electron chi connectivity index (χ1n) is 11.3. The SMILES string of the molecule is O=C(O)c1ccc(N2CCC3(CC2)CN(C2CCCC=C2c2ccc(Cl)cc2)C3)cc1. The van der Waals surface area contributed by atoms with Gasteiger partial charge in [-0.25, -0.2) is 4.79 Å². The summed E-state index contributed by atoms with van der Waals surface area (Å²) < 4.78 is 0. The molecule has 2 aromatic carbocycles. The first-order chi connectivity index (χ1) is 15.0. The summed E-state index contributed by atoms with van der Waals surface area (Å²) in [5.41, 5.74) is 4.73. The Hall–Kier alpha value is -2.30. The predicted molar refractivity (Wildman–Crippen MR) is 126 cm³/mol. The van der Waals surface area contributed by atoms with Gasteiger partial charge in [-0.2, -0.15) is 0 Å². The maximum Gasteiger partial charge on any atom is 0.335 e. The van der Waals surface area contributed by atoms with Gasteiger partial charge >= 0.3 is 5.97 Å². The van der Waals surface area contributed by atoms with Crippen LogP contribution < -0.4 is 4.90 Å². The summed E-state index contributed by atoms with van der Waals surface area (Å²) in [7, 11) is 0. The van der Waals surface area contributed by atoms with Gasteiger partial charge in [-0.15, -0.1) is 0 Å². The lowest BCUT2D eigenvalue weighted by Crippen LogP contribution is -2.63. The van der Waals surface area contributed by atoms with Crippen molar-refractivity contribution in [1.82, 2.24) is 4.90 Å². The zero-order valence-electron chi connectivity index (χ0n) is 17.8. The molecule has 1 aliphatic carbocycles. The number of aromatic carboxylic acids is 1. The molecule has 2 fully saturated rings. The molecular formula is C26H29ClN2O2. The molecule has 1 unspecified atom stereocenters. The number of nitrogens with zero attached hydrogens (tertiary/aromatic N) is 2. The van der Waals surface area contributed by atoms with Crippen molar-refractivity contribution in [2.24, 2.45) is 5.41 Å². The Kier molecular flexibility index (Phi) is 5.53. The molecule has 2 aromatic rings. The molecule has 4 nitrogen and oxygen atoms in total. The quantitative estimate of drug-likeness (QED) is 0.679. The summed E-state index contributed by atoms with van der Waals surface area (Å²) in [4.78, 5) is 16.2. The van der Waals surface area contributed by atoms with Crippen molar-refractivity contribution in [3.63, 3.8) is 0 Å². The van der Waals surface area contributed by atoms with Crippen LogP contribution in [0.3, 0.4) is 0 Å². The van der Waals surface area contributed by atoms with Gasteiger partial charge in [-0.05, 0) is 85.1 Å². The van der Waals surface area contributed by atoms with E-state index in [2.05, 4.69) is 28.0 Å². The molecule has 0 aromatic heterocycles. The Labute approximate surface area is 189 Å². The summed E-state index contributed by atoms with van der Waals surface area (Å²) >= 11 is 6.10. The topological polar surface area (TPSA) is 43.8 Å². The molecule has 0 bridgehead atoms. The number of likely N-dealkylation sites (tertiary alicyclic amines) is 1. The number of carbonyl (C=O) groups is 1. The van der Waals surface area contributed by atoms with Gasteiger partial charge in [-0.3, -0.25) is 4.90 Å². The van der Waals surface area contributed by atoms with Gasteiger partial charge in [0, 0.05) is 42.9 Å². The molecule has 162 valence electrons. The Morgan fingerprint density at radius 2 is 1.68 bits per heavy atom. The number of piperidine rings is 1. The van der Waals surface area contributed by atoms with Gasteiger partial charge in [0.15, 0.2) is 0 Å². The van der Waals surface area contributed by atoms with Crippen LogP contribution in [0.15, 0.2) is 54.6 Å². The highest BCUT2D eigenvalue weighted by Crippen LogP contribution is 2.45.